The normalized spacial score (nSPS) is 10.9. The molecule has 0 radical (unpaired) electrons. The summed E-state index contributed by atoms with van der Waals surface area (Å²) in [7, 11) is -3.75. The molecule has 0 atom stereocenters. The molecule has 0 fully saturated rings. The lowest BCUT2D eigenvalue weighted by molar-refractivity contribution is -0.118. The van der Waals surface area contributed by atoms with Crippen LogP contribution >= 0.6 is 15.9 Å². The summed E-state index contributed by atoms with van der Waals surface area (Å²) < 4.78 is 33.7. The molecule has 3 aromatic carbocycles. The van der Waals surface area contributed by atoms with E-state index in [9.17, 15) is 18.0 Å². The molecule has 0 aromatic heterocycles. The number of carbonyl (C=O) groups is 2. The Morgan fingerprint density at radius 3 is 2.26 bits per heavy atom. The Labute approximate surface area is 188 Å². The first-order chi connectivity index (χ1) is 14.7. The number of halogens is 1. The Morgan fingerprint density at radius 2 is 1.61 bits per heavy atom. The fraction of sp³-hybridized carbons (Fsp3) is 0.0909. The van der Waals surface area contributed by atoms with Gasteiger partial charge in [-0.1, -0.05) is 28.1 Å². The van der Waals surface area contributed by atoms with Gasteiger partial charge >= 0.3 is 0 Å². The summed E-state index contributed by atoms with van der Waals surface area (Å²) in [4.78, 5) is 23.6. The zero-order valence-electron chi connectivity index (χ0n) is 16.5. The van der Waals surface area contributed by atoms with Crippen molar-refractivity contribution in [2.75, 3.05) is 16.6 Å². The van der Waals surface area contributed by atoms with E-state index in [-0.39, 0.29) is 17.3 Å². The van der Waals surface area contributed by atoms with Crippen molar-refractivity contribution < 1.29 is 22.7 Å². The summed E-state index contributed by atoms with van der Waals surface area (Å²) in [5.74, 6) is -0.165. The van der Waals surface area contributed by atoms with Gasteiger partial charge in [0, 0.05) is 21.4 Å². The summed E-state index contributed by atoms with van der Waals surface area (Å²) in [5, 5.41) is 2.65. The number of carbonyl (C=O) groups excluding carboxylic acids is 2. The highest BCUT2D eigenvalue weighted by Crippen LogP contribution is 2.21. The van der Waals surface area contributed by atoms with E-state index in [1.165, 1.54) is 31.2 Å². The molecule has 0 aliphatic rings. The van der Waals surface area contributed by atoms with Crippen molar-refractivity contribution in [3.05, 3.63) is 82.8 Å². The molecule has 0 heterocycles. The molecule has 1 amide bonds. The summed E-state index contributed by atoms with van der Waals surface area (Å²) in [5.41, 5.74) is 1.42. The lowest BCUT2D eigenvalue weighted by Crippen LogP contribution is -2.20. The summed E-state index contributed by atoms with van der Waals surface area (Å²) in [6.45, 7) is 1.18. The van der Waals surface area contributed by atoms with Gasteiger partial charge in [0.05, 0.1) is 4.90 Å². The second kappa shape index (κ2) is 9.76. The Hall–Kier alpha value is -3.17. The van der Waals surface area contributed by atoms with Crippen molar-refractivity contribution in [2.24, 2.45) is 0 Å². The average Bonchev–Trinajstić information content (AvgIpc) is 2.74. The molecule has 0 aliphatic carbocycles. The largest absolute Gasteiger partial charge is 0.484 e. The molecule has 0 unspecified atom stereocenters. The smallest absolute Gasteiger partial charge is 0.262 e. The van der Waals surface area contributed by atoms with E-state index in [0.29, 0.717) is 22.7 Å². The van der Waals surface area contributed by atoms with E-state index in [1.807, 2.05) is 0 Å². The quantitative estimate of drug-likeness (QED) is 0.442. The highest BCUT2D eigenvalue weighted by Gasteiger charge is 2.14. The number of amides is 1. The molecular weight excluding hydrogens is 484 g/mol. The molecule has 0 bridgehead atoms. The van der Waals surface area contributed by atoms with Crippen molar-refractivity contribution in [1.29, 1.82) is 0 Å². The van der Waals surface area contributed by atoms with Gasteiger partial charge in [-0.15, -0.1) is 0 Å². The molecule has 3 rings (SSSR count). The van der Waals surface area contributed by atoms with Crippen LogP contribution in [-0.4, -0.2) is 26.7 Å². The van der Waals surface area contributed by atoms with E-state index < -0.39 is 15.9 Å². The second-order valence-corrected chi connectivity index (χ2v) is 9.16. The lowest BCUT2D eigenvalue weighted by Gasteiger charge is -2.10. The SMILES string of the molecule is CC(=O)c1cccc(NC(=O)COc2ccc(S(=O)(=O)Nc3ccc(Br)cc3)cc2)c1. The van der Waals surface area contributed by atoms with Crippen molar-refractivity contribution in [3.63, 3.8) is 0 Å². The van der Waals surface area contributed by atoms with Crippen LogP contribution in [0, 0.1) is 0 Å². The number of hydrogen-bond donors (Lipinski definition) is 2. The van der Waals surface area contributed by atoms with Crippen LogP contribution in [0.15, 0.2) is 82.2 Å². The number of hydrogen-bond acceptors (Lipinski definition) is 5. The van der Waals surface area contributed by atoms with Gasteiger partial charge in [0.2, 0.25) is 0 Å². The molecule has 31 heavy (non-hydrogen) atoms. The van der Waals surface area contributed by atoms with Gasteiger partial charge in [0.15, 0.2) is 12.4 Å². The van der Waals surface area contributed by atoms with Gasteiger partial charge in [-0.3, -0.25) is 14.3 Å². The number of nitrogens with one attached hydrogen (secondary N) is 2. The third-order valence-corrected chi connectivity index (χ3v) is 6.08. The minimum Gasteiger partial charge on any atom is -0.484 e. The van der Waals surface area contributed by atoms with E-state index in [4.69, 9.17) is 4.74 Å². The molecule has 0 saturated heterocycles. The molecule has 0 spiro atoms. The second-order valence-electron chi connectivity index (χ2n) is 6.56. The summed E-state index contributed by atoms with van der Waals surface area (Å²) in [6, 6.07) is 19.1. The molecular formula is C22H19BrN2O5S. The van der Waals surface area contributed by atoms with Crippen LogP contribution in [0.5, 0.6) is 5.75 Å². The van der Waals surface area contributed by atoms with E-state index >= 15 is 0 Å². The van der Waals surface area contributed by atoms with Crippen molar-refractivity contribution >= 4 is 49.0 Å². The van der Waals surface area contributed by atoms with Gasteiger partial charge in [-0.2, -0.15) is 0 Å². The van der Waals surface area contributed by atoms with Crippen LogP contribution in [0.1, 0.15) is 17.3 Å². The Balaban J connectivity index is 1.57. The zero-order chi connectivity index (χ0) is 22.4. The predicted molar refractivity (Wildman–Crippen MR) is 122 cm³/mol. The van der Waals surface area contributed by atoms with Crippen LogP contribution in [0.25, 0.3) is 0 Å². The first kappa shape index (κ1) is 22.5. The number of Topliss-reactive ketones (excluding diaryl/α,β-unsaturated/α-hetero) is 1. The Morgan fingerprint density at radius 1 is 0.935 bits per heavy atom. The molecule has 0 saturated carbocycles. The van der Waals surface area contributed by atoms with Crippen molar-refractivity contribution in [2.45, 2.75) is 11.8 Å². The van der Waals surface area contributed by atoms with Crippen LogP contribution < -0.4 is 14.8 Å². The Kier molecular flexibility index (Phi) is 7.09. The number of benzene rings is 3. The van der Waals surface area contributed by atoms with Crippen molar-refractivity contribution in [1.82, 2.24) is 0 Å². The number of ketones is 1. The molecule has 2 N–H and O–H groups in total. The number of sulfonamides is 1. The highest BCUT2D eigenvalue weighted by atomic mass is 79.9. The Bertz CT molecular complexity index is 1190. The van der Waals surface area contributed by atoms with Gasteiger partial charge < -0.3 is 10.1 Å². The van der Waals surface area contributed by atoms with Crippen LogP contribution in [0.4, 0.5) is 11.4 Å². The third kappa shape index (κ3) is 6.40. The van der Waals surface area contributed by atoms with E-state index in [0.717, 1.165) is 4.47 Å². The summed E-state index contributed by atoms with van der Waals surface area (Å²) >= 11 is 3.30. The average molecular weight is 503 g/mol. The standard InChI is InChI=1S/C22H19BrN2O5S/c1-15(26)16-3-2-4-19(13-16)24-22(27)14-30-20-9-11-21(12-10-20)31(28,29)25-18-7-5-17(23)6-8-18/h2-13,25H,14H2,1H3,(H,24,27). The number of rotatable bonds is 8. The molecule has 9 heteroatoms. The van der Waals surface area contributed by atoms with E-state index in [2.05, 4.69) is 26.0 Å². The van der Waals surface area contributed by atoms with Crippen molar-refractivity contribution in [3.8, 4) is 5.75 Å². The lowest BCUT2D eigenvalue weighted by atomic mass is 10.1. The van der Waals surface area contributed by atoms with Gasteiger partial charge in [0.25, 0.3) is 15.9 Å². The molecule has 0 aliphatic heterocycles. The maximum absolute atomic E-state index is 12.5. The van der Waals surface area contributed by atoms with Crippen LogP contribution in [0.2, 0.25) is 0 Å². The highest BCUT2D eigenvalue weighted by molar-refractivity contribution is 9.10. The van der Waals surface area contributed by atoms with Crippen LogP contribution in [-0.2, 0) is 14.8 Å². The maximum Gasteiger partial charge on any atom is 0.262 e. The maximum atomic E-state index is 12.5. The minimum atomic E-state index is -3.75. The fourth-order valence-corrected chi connectivity index (χ4v) is 3.93. The zero-order valence-corrected chi connectivity index (χ0v) is 18.9. The van der Waals surface area contributed by atoms with E-state index in [1.54, 1.807) is 48.5 Å². The predicted octanol–water partition coefficient (Wildman–Crippen LogP) is 4.47. The third-order valence-electron chi connectivity index (χ3n) is 4.15. The monoisotopic (exact) mass is 502 g/mol. The number of anilines is 2. The first-order valence-electron chi connectivity index (χ1n) is 9.15. The molecule has 7 nitrogen and oxygen atoms in total. The first-order valence-corrected chi connectivity index (χ1v) is 11.4. The summed E-state index contributed by atoms with van der Waals surface area (Å²) in [6.07, 6.45) is 0. The molecule has 160 valence electrons. The number of ether oxygens (including phenoxy) is 1. The van der Waals surface area contributed by atoms with Crippen LogP contribution in [0.3, 0.4) is 0 Å². The minimum absolute atomic E-state index is 0.0632. The molecule has 3 aromatic rings. The topological polar surface area (TPSA) is 102 Å². The van der Waals surface area contributed by atoms with Gasteiger partial charge in [0.1, 0.15) is 5.75 Å². The fourth-order valence-electron chi connectivity index (χ4n) is 2.61. The van der Waals surface area contributed by atoms with Gasteiger partial charge in [-0.05, 0) is 67.6 Å². The van der Waals surface area contributed by atoms with Gasteiger partial charge in [-0.25, -0.2) is 8.42 Å².